The van der Waals surface area contributed by atoms with Crippen LogP contribution in [0.25, 0.3) is 0 Å². The predicted molar refractivity (Wildman–Crippen MR) is 127 cm³/mol. The van der Waals surface area contributed by atoms with Gasteiger partial charge in [-0.3, -0.25) is 9.59 Å². The zero-order valence-corrected chi connectivity index (χ0v) is 19.7. The molecule has 2 amide bonds. The van der Waals surface area contributed by atoms with E-state index in [0.717, 1.165) is 10.6 Å². The molecule has 3 atom stereocenters. The van der Waals surface area contributed by atoms with Crippen LogP contribution in [0.15, 0.2) is 47.5 Å². The first-order valence-electron chi connectivity index (χ1n) is 10.2. The van der Waals surface area contributed by atoms with Crippen molar-refractivity contribution in [3.05, 3.63) is 62.4 Å². The third-order valence-corrected chi connectivity index (χ3v) is 7.01. The molecule has 1 aromatic heterocycles. The van der Waals surface area contributed by atoms with Gasteiger partial charge in [-0.15, -0.1) is 11.3 Å². The lowest BCUT2D eigenvalue weighted by Crippen LogP contribution is -2.61. The van der Waals surface area contributed by atoms with E-state index in [1.807, 2.05) is 22.4 Å². The highest BCUT2D eigenvalue weighted by molar-refractivity contribution is 7.09. The maximum atomic E-state index is 13.2. The van der Waals surface area contributed by atoms with Gasteiger partial charge in [0.2, 0.25) is 5.91 Å². The van der Waals surface area contributed by atoms with Gasteiger partial charge >= 0.3 is 0 Å². The number of piperazine rings is 1. The fourth-order valence-corrected chi connectivity index (χ4v) is 4.71. The molecule has 1 saturated heterocycles. The van der Waals surface area contributed by atoms with Gasteiger partial charge in [0, 0.05) is 23.7 Å². The summed E-state index contributed by atoms with van der Waals surface area (Å²) in [6.07, 6.45) is -1.14. The van der Waals surface area contributed by atoms with Gasteiger partial charge in [-0.2, -0.15) is 0 Å². The van der Waals surface area contributed by atoms with E-state index in [9.17, 15) is 19.8 Å². The Balaban J connectivity index is 1.55. The van der Waals surface area contributed by atoms with Crippen molar-refractivity contribution in [2.24, 2.45) is 0 Å². The van der Waals surface area contributed by atoms with Gasteiger partial charge in [0.15, 0.2) is 6.35 Å². The minimum atomic E-state index is -1.26. The van der Waals surface area contributed by atoms with Gasteiger partial charge < -0.3 is 30.6 Å². The first-order chi connectivity index (χ1) is 15.8. The Morgan fingerprint density at radius 1 is 1.18 bits per heavy atom. The lowest BCUT2D eigenvalue weighted by atomic mass is 10.1. The third kappa shape index (κ3) is 5.60. The van der Waals surface area contributed by atoms with Crippen molar-refractivity contribution in [3.63, 3.8) is 0 Å². The summed E-state index contributed by atoms with van der Waals surface area (Å²) in [6.45, 7) is 1.19. The van der Waals surface area contributed by atoms with Crippen LogP contribution < -0.4 is 20.9 Å². The van der Waals surface area contributed by atoms with Crippen LogP contribution in [0.3, 0.4) is 0 Å². The average molecular weight is 512 g/mol. The Bertz CT molecular complexity index is 1050. The number of thiophene rings is 1. The Hall–Kier alpha value is -2.34. The number of amides is 2. The molecule has 2 aliphatic rings. The quantitative estimate of drug-likeness (QED) is 0.407. The Kier molecular flexibility index (Phi) is 7.42. The molecule has 176 valence electrons. The smallest absolute Gasteiger partial charge is 0.270 e. The van der Waals surface area contributed by atoms with Crippen molar-refractivity contribution in [2.75, 3.05) is 24.5 Å². The summed E-state index contributed by atoms with van der Waals surface area (Å²) >= 11 is 13.8. The Labute approximate surface area is 204 Å². The molecule has 33 heavy (non-hydrogen) atoms. The van der Waals surface area contributed by atoms with Crippen LogP contribution in [0.5, 0.6) is 0 Å². The number of halogens is 2. The highest BCUT2D eigenvalue weighted by Crippen LogP contribution is 2.29. The lowest BCUT2D eigenvalue weighted by molar-refractivity contribution is -0.131. The fourth-order valence-electron chi connectivity index (χ4n) is 3.78. The second kappa shape index (κ2) is 10.3. The number of aliphatic hydroxyl groups excluding tert-OH is 2. The van der Waals surface area contributed by atoms with E-state index in [2.05, 4.69) is 16.0 Å². The van der Waals surface area contributed by atoms with E-state index in [1.54, 1.807) is 29.5 Å². The Morgan fingerprint density at radius 3 is 2.70 bits per heavy atom. The van der Waals surface area contributed by atoms with Crippen molar-refractivity contribution >= 4 is 52.0 Å². The molecule has 2 aliphatic heterocycles. The molecule has 0 spiro atoms. The number of anilines is 1. The number of rotatable bonds is 5. The van der Waals surface area contributed by atoms with Crippen molar-refractivity contribution in [3.8, 4) is 0 Å². The van der Waals surface area contributed by atoms with Crippen LogP contribution in [0.2, 0.25) is 10.0 Å². The minimum absolute atomic E-state index is 0.0643. The standard InChI is InChI=1S/C21H23Cl2N5O4S/c22-14-4-3-12(8-15(14)23)28-6-5-27(20(31)16-9-18(29)26-21(32)25-16)11-17(28)19(30)24-10-13-2-1-7-33-13/h1-4,7-9,17-18,21,25-26,29,32H,5-6,10-11H2,(H,24,30)/t17-,18?,21?/m0/s1. The first-order valence-corrected chi connectivity index (χ1v) is 11.9. The normalized spacial score (nSPS) is 23.0. The van der Waals surface area contributed by atoms with Crippen LogP contribution in [0, 0.1) is 0 Å². The van der Waals surface area contributed by atoms with E-state index in [0.29, 0.717) is 29.7 Å². The lowest BCUT2D eigenvalue weighted by Gasteiger charge is -2.42. The molecule has 1 aromatic carbocycles. The van der Waals surface area contributed by atoms with Crippen LogP contribution >= 0.6 is 34.5 Å². The topological polar surface area (TPSA) is 117 Å². The summed E-state index contributed by atoms with van der Waals surface area (Å²) in [4.78, 5) is 30.7. The van der Waals surface area contributed by atoms with Crippen molar-refractivity contribution in [1.29, 1.82) is 0 Å². The van der Waals surface area contributed by atoms with Crippen LogP contribution in [-0.4, -0.2) is 65.2 Å². The molecule has 0 saturated carbocycles. The van der Waals surface area contributed by atoms with Crippen molar-refractivity contribution in [2.45, 2.75) is 25.2 Å². The molecule has 0 bridgehead atoms. The molecular weight excluding hydrogens is 489 g/mol. The summed E-state index contributed by atoms with van der Waals surface area (Å²) in [6, 6.07) is 8.32. The molecule has 3 heterocycles. The summed E-state index contributed by atoms with van der Waals surface area (Å²) < 4.78 is 0. The van der Waals surface area contributed by atoms with Crippen LogP contribution in [-0.2, 0) is 16.1 Å². The summed E-state index contributed by atoms with van der Waals surface area (Å²) in [5.74, 6) is -0.654. The molecule has 12 heteroatoms. The molecule has 2 aromatic rings. The summed E-state index contributed by atoms with van der Waals surface area (Å²) in [7, 11) is 0. The minimum Gasteiger partial charge on any atom is -0.375 e. The molecule has 0 aliphatic carbocycles. The molecule has 9 nitrogen and oxygen atoms in total. The van der Waals surface area contributed by atoms with E-state index in [-0.39, 0.29) is 18.1 Å². The summed E-state index contributed by atoms with van der Waals surface area (Å²) in [5, 5.41) is 30.2. The molecular formula is C21H23Cl2N5O4S. The number of hydrogen-bond acceptors (Lipinski definition) is 8. The summed E-state index contributed by atoms with van der Waals surface area (Å²) in [5.41, 5.74) is 0.785. The second-order valence-corrected chi connectivity index (χ2v) is 9.44. The Morgan fingerprint density at radius 2 is 2.00 bits per heavy atom. The van der Waals surface area contributed by atoms with Crippen LogP contribution in [0.4, 0.5) is 5.69 Å². The maximum absolute atomic E-state index is 13.2. The van der Waals surface area contributed by atoms with Gasteiger partial charge in [-0.05, 0) is 35.7 Å². The van der Waals surface area contributed by atoms with E-state index in [4.69, 9.17) is 23.2 Å². The third-order valence-electron chi connectivity index (χ3n) is 5.40. The van der Waals surface area contributed by atoms with Gasteiger partial charge in [-0.25, -0.2) is 5.32 Å². The molecule has 1 fully saturated rings. The molecule has 5 N–H and O–H groups in total. The van der Waals surface area contributed by atoms with E-state index in [1.165, 1.54) is 11.0 Å². The highest BCUT2D eigenvalue weighted by Gasteiger charge is 2.36. The van der Waals surface area contributed by atoms with Crippen molar-refractivity contribution in [1.82, 2.24) is 20.9 Å². The SMILES string of the molecule is O=C(NCc1cccs1)[C@@H]1CN(C(=O)C2=CC(O)NC(O)N2)CCN1c1ccc(Cl)c(Cl)c1. The molecule has 2 unspecified atom stereocenters. The van der Waals surface area contributed by atoms with E-state index >= 15 is 0 Å². The maximum Gasteiger partial charge on any atom is 0.270 e. The number of nitrogens with one attached hydrogen (secondary N) is 3. The van der Waals surface area contributed by atoms with Crippen molar-refractivity contribution < 1.29 is 19.8 Å². The molecule has 0 radical (unpaired) electrons. The zero-order valence-electron chi connectivity index (χ0n) is 17.4. The number of benzene rings is 1. The number of carbonyl (C=O) groups is 2. The monoisotopic (exact) mass is 511 g/mol. The second-order valence-electron chi connectivity index (χ2n) is 7.59. The van der Waals surface area contributed by atoms with Gasteiger partial charge in [0.05, 0.1) is 23.1 Å². The average Bonchev–Trinajstić information content (AvgIpc) is 3.31. The van der Waals surface area contributed by atoms with Crippen LogP contribution in [0.1, 0.15) is 4.88 Å². The zero-order chi connectivity index (χ0) is 23.5. The largest absolute Gasteiger partial charge is 0.375 e. The molecule has 4 rings (SSSR count). The fraction of sp³-hybridized carbons (Fsp3) is 0.333. The number of hydrogen-bond donors (Lipinski definition) is 5. The predicted octanol–water partition coefficient (Wildman–Crippen LogP) is 1.06. The van der Waals surface area contributed by atoms with Gasteiger partial charge in [0.1, 0.15) is 18.0 Å². The number of aliphatic hydroxyl groups is 2. The van der Waals surface area contributed by atoms with Gasteiger partial charge in [-0.1, -0.05) is 29.3 Å². The number of carbonyl (C=O) groups excluding carboxylic acids is 2. The van der Waals surface area contributed by atoms with Gasteiger partial charge in [0.25, 0.3) is 5.91 Å². The first kappa shape index (κ1) is 23.8. The van der Waals surface area contributed by atoms with E-state index < -0.39 is 24.5 Å². The highest BCUT2D eigenvalue weighted by atomic mass is 35.5. The number of nitrogens with zero attached hydrogens (tertiary/aromatic N) is 2.